The average Bonchev–Trinajstić information content (AvgIpc) is 2.67. The van der Waals surface area contributed by atoms with Crippen molar-refractivity contribution in [1.29, 1.82) is 0 Å². The van der Waals surface area contributed by atoms with Crippen LogP contribution in [0.1, 0.15) is 15.9 Å². The predicted octanol–water partition coefficient (Wildman–Crippen LogP) is 2.41. The molecule has 1 saturated heterocycles. The lowest BCUT2D eigenvalue weighted by Crippen LogP contribution is -2.51. The van der Waals surface area contributed by atoms with E-state index < -0.39 is 0 Å². The number of nitrogens with zero attached hydrogens (tertiary/aromatic N) is 2. The standard InChI is InChI=1S/C20H22ClN3O2/c21-18-8-4-5-16(13-18)14-22-19(25)15-23-9-11-24(12-10-23)20(26)17-6-2-1-3-7-17/h1-8,13H,9-12,14-15H2,(H,22,25). The largest absolute Gasteiger partial charge is 0.351 e. The van der Waals surface area contributed by atoms with Crippen molar-refractivity contribution in [2.24, 2.45) is 0 Å². The first kappa shape index (κ1) is 18.4. The van der Waals surface area contributed by atoms with E-state index in [1.54, 1.807) is 0 Å². The van der Waals surface area contributed by atoms with Crippen molar-refractivity contribution in [3.63, 3.8) is 0 Å². The molecule has 0 bridgehead atoms. The number of nitrogens with one attached hydrogen (secondary N) is 1. The Labute approximate surface area is 158 Å². The minimum absolute atomic E-state index is 0.0205. The highest BCUT2D eigenvalue weighted by Gasteiger charge is 2.23. The lowest BCUT2D eigenvalue weighted by Gasteiger charge is -2.34. The lowest BCUT2D eigenvalue weighted by molar-refractivity contribution is -0.122. The number of carbonyl (C=O) groups excluding carboxylic acids is 2. The molecule has 1 N–H and O–H groups in total. The summed E-state index contributed by atoms with van der Waals surface area (Å²) in [4.78, 5) is 28.5. The predicted molar refractivity (Wildman–Crippen MR) is 102 cm³/mol. The fraction of sp³-hybridized carbons (Fsp3) is 0.300. The van der Waals surface area contributed by atoms with E-state index in [0.717, 1.165) is 5.56 Å². The van der Waals surface area contributed by atoms with Crippen molar-refractivity contribution in [2.45, 2.75) is 6.54 Å². The number of amides is 2. The van der Waals surface area contributed by atoms with E-state index in [0.29, 0.717) is 49.9 Å². The Balaban J connectivity index is 1.42. The van der Waals surface area contributed by atoms with Gasteiger partial charge in [0, 0.05) is 43.3 Å². The molecule has 0 atom stereocenters. The lowest BCUT2D eigenvalue weighted by atomic mass is 10.2. The Kier molecular flexibility index (Phi) is 6.26. The van der Waals surface area contributed by atoms with Gasteiger partial charge in [-0.25, -0.2) is 0 Å². The molecule has 1 heterocycles. The zero-order valence-corrected chi connectivity index (χ0v) is 15.3. The van der Waals surface area contributed by atoms with Gasteiger partial charge in [-0.2, -0.15) is 0 Å². The van der Waals surface area contributed by atoms with Crippen molar-refractivity contribution in [3.05, 3.63) is 70.7 Å². The third-order valence-corrected chi connectivity index (χ3v) is 4.66. The van der Waals surface area contributed by atoms with Crippen LogP contribution in [0.3, 0.4) is 0 Å². The molecular weight excluding hydrogens is 350 g/mol. The summed E-state index contributed by atoms with van der Waals surface area (Å²) in [5.74, 6) is 0.0310. The maximum atomic E-state index is 12.4. The Morgan fingerprint density at radius 1 is 0.962 bits per heavy atom. The molecule has 0 aliphatic carbocycles. The van der Waals surface area contributed by atoms with Gasteiger partial charge in [-0.1, -0.05) is 41.9 Å². The van der Waals surface area contributed by atoms with Crippen LogP contribution in [0, 0.1) is 0 Å². The van der Waals surface area contributed by atoms with E-state index in [1.807, 2.05) is 59.5 Å². The quantitative estimate of drug-likeness (QED) is 0.878. The van der Waals surface area contributed by atoms with Gasteiger partial charge in [0.15, 0.2) is 0 Å². The molecule has 2 aromatic carbocycles. The number of hydrogen-bond donors (Lipinski definition) is 1. The van der Waals surface area contributed by atoms with Gasteiger partial charge in [-0.15, -0.1) is 0 Å². The molecule has 0 aromatic heterocycles. The van der Waals surface area contributed by atoms with Crippen molar-refractivity contribution in [1.82, 2.24) is 15.1 Å². The number of piperazine rings is 1. The van der Waals surface area contributed by atoms with Crippen LogP contribution in [0.4, 0.5) is 0 Å². The zero-order chi connectivity index (χ0) is 18.4. The number of benzene rings is 2. The van der Waals surface area contributed by atoms with Gasteiger partial charge in [0.1, 0.15) is 0 Å². The van der Waals surface area contributed by atoms with Gasteiger partial charge >= 0.3 is 0 Å². The number of rotatable bonds is 5. The molecular formula is C20H22ClN3O2. The van der Waals surface area contributed by atoms with E-state index in [-0.39, 0.29) is 11.8 Å². The molecule has 0 saturated carbocycles. The fourth-order valence-corrected chi connectivity index (χ4v) is 3.19. The summed E-state index contributed by atoms with van der Waals surface area (Å²) < 4.78 is 0. The molecule has 136 valence electrons. The third-order valence-electron chi connectivity index (χ3n) is 4.43. The van der Waals surface area contributed by atoms with E-state index in [9.17, 15) is 9.59 Å². The summed E-state index contributed by atoms with van der Waals surface area (Å²) in [7, 11) is 0. The molecule has 6 heteroatoms. The minimum atomic E-state index is -0.0205. The van der Waals surface area contributed by atoms with Crippen LogP contribution in [0.15, 0.2) is 54.6 Å². The summed E-state index contributed by atoms with van der Waals surface area (Å²) in [5, 5.41) is 3.58. The van der Waals surface area contributed by atoms with Crippen molar-refractivity contribution in [2.75, 3.05) is 32.7 Å². The zero-order valence-electron chi connectivity index (χ0n) is 14.5. The highest BCUT2D eigenvalue weighted by molar-refractivity contribution is 6.30. The van der Waals surface area contributed by atoms with Crippen LogP contribution in [0.5, 0.6) is 0 Å². The SMILES string of the molecule is O=C(CN1CCN(C(=O)c2ccccc2)CC1)NCc1cccc(Cl)c1. The summed E-state index contributed by atoms with van der Waals surface area (Å²) in [6.07, 6.45) is 0. The first-order valence-electron chi connectivity index (χ1n) is 8.69. The molecule has 3 rings (SSSR count). The maximum absolute atomic E-state index is 12.4. The molecule has 1 aliphatic rings. The highest BCUT2D eigenvalue weighted by Crippen LogP contribution is 2.11. The Hall–Kier alpha value is -2.37. The maximum Gasteiger partial charge on any atom is 0.253 e. The van der Waals surface area contributed by atoms with Crippen LogP contribution >= 0.6 is 11.6 Å². The van der Waals surface area contributed by atoms with E-state index in [4.69, 9.17) is 11.6 Å². The van der Waals surface area contributed by atoms with Gasteiger partial charge in [0.2, 0.25) is 5.91 Å². The van der Waals surface area contributed by atoms with Gasteiger partial charge < -0.3 is 10.2 Å². The molecule has 2 amide bonds. The molecule has 0 unspecified atom stereocenters. The van der Waals surface area contributed by atoms with Gasteiger partial charge in [0.25, 0.3) is 5.91 Å². The molecule has 1 fully saturated rings. The topological polar surface area (TPSA) is 52.7 Å². The Bertz CT molecular complexity index is 759. The summed E-state index contributed by atoms with van der Waals surface area (Å²) in [6, 6.07) is 16.7. The van der Waals surface area contributed by atoms with Gasteiger partial charge in [0.05, 0.1) is 6.54 Å². The number of carbonyl (C=O) groups is 2. The molecule has 2 aromatic rings. The first-order chi connectivity index (χ1) is 12.6. The van der Waals surface area contributed by atoms with Gasteiger partial charge in [-0.3, -0.25) is 14.5 Å². The van der Waals surface area contributed by atoms with E-state index in [2.05, 4.69) is 10.2 Å². The van der Waals surface area contributed by atoms with Gasteiger partial charge in [-0.05, 0) is 29.8 Å². The molecule has 0 spiro atoms. The second-order valence-corrected chi connectivity index (χ2v) is 6.78. The van der Waals surface area contributed by atoms with Crippen LogP contribution in [-0.2, 0) is 11.3 Å². The summed E-state index contributed by atoms with van der Waals surface area (Å²) in [6.45, 7) is 3.47. The fourth-order valence-electron chi connectivity index (χ4n) is 2.98. The smallest absolute Gasteiger partial charge is 0.253 e. The normalized spacial score (nSPS) is 14.9. The second-order valence-electron chi connectivity index (χ2n) is 6.34. The Morgan fingerprint density at radius 3 is 2.38 bits per heavy atom. The van der Waals surface area contributed by atoms with Crippen LogP contribution in [0.25, 0.3) is 0 Å². The van der Waals surface area contributed by atoms with E-state index in [1.165, 1.54) is 0 Å². The molecule has 1 aliphatic heterocycles. The van der Waals surface area contributed by atoms with Crippen molar-refractivity contribution < 1.29 is 9.59 Å². The number of halogens is 1. The number of hydrogen-bond acceptors (Lipinski definition) is 3. The molecule has 26 heavy (non-hydrogen) atoms. The minimum Gasteiger partial charge on any atom is -0.351 e. The first-order valence-corrected chi connectivity index (χ1v) is 9.07. The monoisotopic (exact) mass is 371 g/mol. The average molecular weight is 372 g/mol. The van der Waals surface area contributed by atoms with E-state index >= 15 is 0 Å². The van der Waals surface area contributed by atoms with Crippen molar-refractivity contribution >= 4 is 23.4 Å². The third kappa shape index (κ3) is 5.07. The molecule has 5 nitrogen and oxygen atoms in total. The second kappa shape index (κ2) is 8.83. The summed E-state index contributed by atoms with van der Waals surface area (Å²) >= 11 is 5.95. The van der Waals surface area contributed by atoms with Crippen LogP contribution < -0.4 is 5.32 Å². The van der Waals surface area contributed by atoms with Crippen molar-refractivity contribution in [3.8, 4) is 0 Å². The highest BCUT2D eigenvalue weighted by atomic mass is 35.5. The van der Waals surface area contributed by atoms with Crippen LogP contribution in [0.2, 0.25) is 5.02 Å². The Morgan fingerprint density at radius 2 is 1.69 bits per heavy atom. The summed E-state index contributed by atoms with van der Waals surface area (Å²) in [5.41, 5.74) is 1.68. The van der Waals surface area contributed by atoms with Crippen LogP contribution in [-0.4, -0.2) is 54.3 Å². The molecule has 0 radical (unpaired) electrons.